The molecule has 0 aliphatic carbocycles. The minimum Gasteiger partial charge on any atom is -0.484 e. The molecule has 1 amide bonds. The van der Waals surface area contributed by atoms with Gasteiger partial charge in [0.05, 0.1) is 6.10 Å². The van der Waals surface area contributed by atoms with Gasteiger partial charge < -0.3 is 15.2 Å². The first-order chi connectivity index (χ1) is 10.0. The van der Waals surface area contributed by atoms with Crippen LogP contribution in [0.5, 0.6) is 5.75 Å². The molecule has 0 saturated carbocycles. The van der Waals surface area contributed by atoms with E-state index in [1.165, 1.54) is 0 Å². The smallest absolute Gasteiger partial charge is 0.262 e. The summed E-state index contributed by atoms with van der Waals surface area (Å²) >= 11 is 3.33. The number of hydrogen-bond donors (Lipinski definition) is 2. The first-order valence-corrected chi connectivity index (χ1v) is 7.30. The number of hydrogen-bond acceptors (Lipinski definition) is 3. The van der Waals surface area contributed by atoms with Gasteiger partial charge in [0.1, 0.15) is 5.75 Å². The van der Waals surface area contributed by atoms with Crippen molar-refractivity contribution >= 4 is 27.5 Å². The molecule has 0 aliphatic heterocycles. The number of amides is 1. The first-order valence-electron chi connectivity index (χ1n) is 6.51. The Balaban J connectivity index is 1.89. The summed E-state index contributed by atoms with van der Waals surface area (Å²) in [5.41, 5.74) is 1.46. The Hall–Kier alpha value is -1.85. The zero-order valence-corrected chi connectivity index (χ0v) is 13.1. The fourth-order valence-electron chi connectivity index (χ4n) is 1.74. The highest BCUT2D eigenvalue weighted by Crippen LogP contribution is 2.19. The van der Waals surface area contributed by atoms with Crippen molar-refractivity contribution in [1.29, 1.82) is 0 Å². The van der Waals surface area contributed by atoms with Crippen LogP contribution in [-0.2, 0) is 4.79 Å². The third kappa shape index (κ3) is 4.88. The number of halogens is 1. The Morgan fingerprint density at radius 2 is 2.00 bits per heavy atom. The van der Waals surface area contributed by atoms with Crippen molar-refractivity contribution < 1.29 is 14.6 Å². The molecule has 2 aromatic rings. The molecule has 0 spiro atoms. The second kappa shape index (κ2) is 7.24. The summed E-state index contributed by atoms with van der Waals surface area (Å²) in [6, 6.07) is 14.4. The van der Waals surface area contributed by atoms with E-state index in [9.17, 15) is 9.90 Å². The minimum absolute atomic E-state index is 0.0840. The lowest BCUT2D eigenvalue weighted by atomic mass is 10.1. The van der Waals surface area contributed by atoms with Crippen molar-refractivity contribution in [3.05, 3.63) is 58.6 Å². The lowest BCUT2D eigenvalue weighted by Crippen LogP contribution is -2.20. The van der Waals surface area contributed by atoms with Gasteiger partial charge in [0.25, 0.3) is 5.91 Å². The Kier molecular flexibility index (Phi) is 5.36. The predicted molar refractivity (Wildman–Crippen MR) is 85.3 cm³/mol. The predicted octanol–water partition coefficient (Wildman–Crippen LogP) is 3.52. The standard InChI is InChI=1S/C16H16BrNO3/c1-11(19)12-3-2-4-15(9-12)21-10-16(20)18-14-7-5-13(17)6-8-14/h2-9,11,19H,10H2,1H3,(H,18,20)/t11-/m1/s1. The van der Waals surface area contributed by atoms with Crippen LogP contribution in [-0.4, -0.2) is 17.6 Å². The maximum Gasteiger partial charge on any atom is 0.262 e. The quantitative estimate of drug-likeness (QED) is 0.868. The van der Waals surface area contributed by atoms with Crippen LogP contribution in [0.2, 0.25) is 0 Å². The Morgan fingerprint density at radius 3 is 2.67 bits per heavy atom. The highest BCUT2D eigenvalue weighted by Gasteiger charge is 2.06. The van der Waals surface area contributed by atoms with Crippen LogP contribution in [0.3, 0.4) is 0 Å². The van der Waals surface area contributed by atoms with E-state index < -0.39 is 6.10 Å². The lowest BCUT2D eigenvalue weighted by molar-refractivity contribution is -0.118. The van der Waals surface area contributed by atoms with Crippen LogP contribution in [0.15, 0.2) is 53.0 Å². The summed E-state index contributed by atoms with van der Waals surface area (Å²) in [5, 5.41) is 12.2. The topological polar surface area (TPSA) is 58.6 Å². The van der Waals surface area contributed by atoms with Crippen LogP contribution in [0.25, 0.3) is 0 Å². The van der Waals surface area contributed by atoms with Crippen LogP contribution in [0, 0.1) is 0 Å². The molecular formula is C16H16BrNO3. The van der Waals surface area contributed by atoms with Crippen LogP contribution < -0.4 is 10.1 Å². The molecular weight excluding hydrogens is 334 g/mol. The van der Waals surface area contributed by atoms with Gasteiger partial charge in [-0.2, -0.15) is 0 Å². The third-order valence-electron chi connectivity index (χ3n) is 2.84. The number of nitrogens with one attached hydrogen (secondary N) is 1. The molecule has 0 fully saturated rings. The van der Waals surface area contributed by atoms with Crippen molar-refractivity contribution in [2.24, 2.45) is 0 Å². The largest absolute Gasteiger partial charge is 0.484 e. The van der Waals surface area contributed by atoms with Crippen molar-refractivity contribution in [3.63, 3.8) is 0 Å². The van der Waals surface area contributed by atoms with Crippen molar-refractivity contribution in [2.75, 3.05) is 11.9 Å². The highest BCUT2D eigenvalue weighted by atomic mass is 79.9. The third-order valence-corrected chi connectivity index (χ3v) is 3.37. The number of ether oxygens (including phenoxy) is 1. The number of aliphatic hydroxyl groups is 1. The Labute approximate surface area is 131 Å². The lowest BCUT2D eigenvalue weighted by Gasteiger charge is -2.10. The summed E-state index contributed by atoms with van der Waals surface area (Å²) in [5.74, 6) is 0.319. The fourth-order valence-corrected chi connectivity index (χ4v) is 2.01. The molecule has 0 saturated heterocycles. The van der Waals surface area contributed by atoms with Gasteiger partial charge in [-0.05, 0) is 48.9 Å². The number of anilines is 1. The average molecular weight is 350 g/mol. The normalized spacial score (nSPS) is 11.8. The van der Waals surface area contributed by atoms with E-state index in [1.807, 2.05) is 12.1 Å². The second-order valence-corrected chi connectivity index (χ2v) is 5.51. The maximum atomic E-state index is 11.8. The molecule has 4 nitrogen and oxygen atoms in total. The SMILES string of the molecule is C[C@@H](O)c1cccc(OCC(=O)Nc2ccc(Br)cc2)c1. The highest BCUT2D eigenvalue weighted by molar-refractivity contribution is 9.10. The van der Waals surface area contributed by atoms with Crippen molar-refractivity contribution in [2.45, 2.75) is 13.0 Å². The molecule has 2 N–H and O–H groups in total. The van der Waals surface area contributed by atoms with Crippen molar-refractivity contribution in [3.8, 4) is 5.75 Å². The summed E-state index contributed by atoms with van der Waals surface area (Å²) in [7, 11) is 0. The fraction of sp³-hybridized carbons (Fsp3) is 0.188. The molecule has 2 aromatic carbocycles. The Morgan fingerprint density at radius 1 is 1.29 bits per heavy atom. The van der Waals surface area contributed by atoms with Gasteiger partial charge >= 0.3 is 0 Å². The summed E-state index contributed by atoms with van der Waals surface area (Å²) in [6.07, 6.45) is -0.565. The zero-order chi connectivity index (χ0) is 15.2. The van der Waals surface area contributed by atoms with Gasteiger partial charge in [-0.3, -0.25) is 4.79 Å². The monoisotopic (exact) mass is 349 g/mol. The molecule has 1 atom stereocenters. The van der Waals surface area contributed by atoms with E-state index in [4.69, 9.17) is 4.74 Å². The van der Waals surface area contributed by atoms with E-state index in [-0.39, 0.29) is 12.5 Å². The molecule has 0 heterocycles. The van der Waals surface area contributed by atoms with Gasteiger partial charge in [-0.15, -0.1) is 0 Å². The molecule has 0 aliphatic rings. The first kappa shape index (κ1) is 15.5. The number of benzene rings is 2. The Bertz CT molecular complexity index is 611. The van der Waals surface area contributed by atoms with Gasteiger partial charge in [-0.25, -0.2) is 0 Å². The zero-order valence-electron chi connectivity index (χ0n) is 11.5. The number of carbonyl (C=O) groups excluding carboxylic acids is 1. The molecule has 0 aromatic heterocycles. The molecule has 21 heavy (non-hydrogen) atoms. The van der Waals surface area contributed by atoms with E-state index >= 15 is 0 Å². The van der Waals surface area contributed by atoms with Crippen LogP contribution in [0.4, 0.5) is 5.69 Å². The maximum absolute atomic E-state index is 11.8. The van der Waals surface area contributed by atoms with Gasteiger partial charge in [0.15, 0.2) is 6.61 Å². The van der Waals surface area contributed by atoms with Crippen LogP contribution >= 0.6 is 15.9 Å². The number of carbonyl (C=O) groups is 1. The van der Waals surface area contributed by atoms with E-state index in [2.05, 4.69) is 21.2 Å². The van der Waals surface area contributed by atoms with E-state index in [1.54, 1.807) is 43.3 Å². The van der Waals surface area contributed by atoms with E-state index in [0.717, 1.165) is 10.0 Å². The van der Waals surface area contributed by atoms with Crippen LogP contribution in [0.1, 0.15) is 18.6 Å². The molecule has 5 heteroatoms. The van der Waals surface area contributed by atoms with Gasteiger partial charge in [-0.1, -0.05) is 28.1 Å². The summed E-state index contributed by atoms with van der Waals surface area (Å²) < 4.78 is 6.37. The second-order valence-electron chi connectivity index (χ2n) is 4.59. The van der Waals surface area contributed by atoms with E-state index in [0.29, 0.717) is 11.4 Å². The summed E-state index contributed by atoms with van der Waals surface area (Å²) in [6.45, 7) is 1.60. The molecule has 0 bridgehead atoms. The molecule has 2 rings (SSSR count). The van der Waals surface area contributed by atoms with Gasteiger partial charge in [0.2, 0.25) is 0 Å². The number of rotatable bonds is 5. The summed E-state index contributed by atoms with van der Waals surface area (Å²) in [4.78, 5) is 11.8. The number of aliphatic hydroxyl groups excluding tert-OH is 1. The molecule has 0 radical (unpaired) electrons. The van der Waals surface area contributed by atoms with Gasteiger partial charge in [0, 0.05) is 10.2 Å². The van der Waals surface area contributed by atoms with Crippen molar-refractivity contribution in [1.82, 2.24) is 0 Å². The molecule has 0 unspecified atom stereocenters. The minimum atomic E-state index is -0.565. The molecule has 110 valence electrons. The average Bonchev–Trinajstić information content (AvgIpc) is 2.48.